The minimum atomic E-state index is -0.565. The minimum Gasteiger partial charge on any atom is -0.444 e. The number of halogens is 2. The van der Waals surface area contributed by atoms with E-state index >= 15 is 0 Å². The van der Waals surface area contributed by atoms with Crippen LogP contribution in [0, 0.1) is 11.3 Å². The van der Waals surface area contributed by atoms with E-state index in [9.17, 15) is 4.39 Å². The summed E-state index contributed by atoms with van der Waals surface area (Å²) in [6.07, 6.45) is 8.10. The van der Waals surface area contributed by atoms with Gasteiger partial charge in [0.25, 0.3) is 0 Å². The van der Waals surface area contributed by atoms with Crippen LogP contribution in [0.3, 0.4) is 0 Å². The SMILES string of the molecule is FC1CCNC1.N#Cc1cc2c(Br)c(NC3CCCCC3)ncc2o1. The van der Waals surface area contributed by atoms with E-state index in [0.717, 1.165) is 22.2 Å². The van der Waals surface area contributed by atoms with Gasteiger partial charge in [-0.1, -0.05) is 19.3 Å². The molecule has 5 nitrogen and oxygen atoms in total. The van der Waals surface area contributed by atoms with Gasteiger partial charge in [-0.25, -0.2) is 9.37 Å². The van der Waals surface area contributed by atoms with E-state index in [-0.39, 0.29) is 0 Å². The average Bonchev–Trinajstić information content (AvgIpc) is 3.28. The van der Waals surface area contributed by atoms with Crippen LogP contribution in [0.5, 0.6) is 0 Å². The molecule has 0 radical (unpaired) electrons. The van der Waals surface area contributed by atoms with E-state index in [1.807, 2.05) is 6.07 Å². The molecule has 1 saturated carbocycles. The number of nitrogens with zero attached hydrogens (tertiary/aromatic N) is 2. The molecule has 2 aromatic rings. The van der Waals surface area contributed by atoms with E-state index in [4.69, 9.17) is 9.68 Å². The molecule has 3 heterocycles. The second-order valence-corrected chi connectivity index (χ2v) is 7.28. The number of anilines is 1. The van der Waals surface area contributed by atoms with Gasteiger partial charge in [0, 0.05) is 24.0 Å². The fourth-order valence-electron chi connectivity index (χ4n) is 3.20. The summed E-state index contributed by atoms with van der Waals surface area (Å²) in [5, 5.41) is 16.1. The normalized spacial score (nSPS) is 20.8. The fourth-order valence-corrected chi connectivity index (χ4v) is 3.72. The van der Waals surface area contributed by atoms with Crippen molar-refractivity contribution < 1.29 is 8.81 Å². The molecule has 1 saturated heterocycles. The van der Waals surface area contributed by atoms with Gasteiger partial charge in [-0.2, -0.15) is 5.26 Å². The van der Waals surface area contributed by atoms with Crippen molar-refractivity contribution in [2.24, 2.45) is 0 Å². The Bertz CT molecular complexity index is 745. The van der Waals surface area contributed by atoms with Crippen molar-refractivity contribution >= 4 is 32.7 Å². The monoisotopic (exact) mass is 408 g/mol. The van der Waals surface area contributed by atoms with Crippen LogP contribution >= 0.6 is 15.9 Å². The van der Waals surface area contributed by atoms with Crippen molar-refractivity contribution in [1.82, 2.24) is 10.3 Å². The molecule has 0 amide bonds. The third kappa shape index (κ3) is 4.71. The van der Waals surface area contributed by atoms with E-state index < -0.39 is 6.17 Å². The van der Waals surface area contributed by atoms with Gasteiger partial charge in [0.2, 0.25) is 5.76 Å². The Balaban J connectivity index is 0.000000258. The number of aromatic nitrogens is 1. The highest BCUT2D eigenvalue weighted by atomic mass is 79.9. The molecule has 2 aromatic heterocycles. The first-order chi connectivity index (χ1) is 12.2. The Labute approximate surface area is 155 Å². The summed E-state index contributed by atoms with van der Waals surface area (Å²) in [6.45, 7) is 1.43. The van der Waals surface area contributed by atoms with Gasteiger partial charge >= 0.3 is 0 Å². The summed E-state index contributed by atoms with van der Waals surface area (Å²) in [7, 11) is 0. The highest BCUT2D eigenvalue weighted by molar-refractivity contribution is 9.10. The second kappa shape index (κ2) is 8.63. The number of fused-ring (bicyclic) bond motifs is 1. The third-order valence-electron chi connectivity index (χ3n) is 4.57. The molecular weight excluding hydrogens is 387 g/mol. The predicted molar refractivity (Wildman–Crippen MR) is 99.3 cm³/mol. The highest BCUT2D eigenvalue weighted by Gasteiger charge is 2.17. The number of furan rings is 1. The van der Waals surface area contributed by atoms with Crippen LogP contribution in [0.1, 0.15) is 44.3 Å². The molecule has 134 valence electrons. The first-order valence-corrected chi connectivity index (χ1v) is 9.56. The van der Waals surface area contributed by atoms with Gasteiger partial charge < -0.3 is 15.1 Å². The maximum atomic E-state index is 11.9. The highest BCUT2D eigenvalue weighted by Crippen LogP contribution is 2.33. The summed E-state index contributed by atoms with van der Waals surface area (Å²) in [4.78, 5) is 4.39. The van der Waals surface area contributed by atoms with Gasteiger partial charge in [-0.05, 0) is 41.7 Å². The van der Waals surface area contributed by atoms with Crippen molar-refractivity contribution in [2.75, 3.05) is 18.4 Å². The van der Waals surface area contributed by atoms with E-state index in [1.54, 1.807) is 12.3 Å². The number of hydrogen-bond acceptors (Lipinski definition) is 5. The van der Waals surface area contributed by atoms with Crippen molar-refractivity contribution in [2.45, 2.75) is 50.7 Å². The Morgan fingerprint density at radius 3 is 2.72 bits per heavy atom. The van der Waals surface area contributed by atoms with Crippen LogP contribution in [-0.2, 0) is 0 Å². The van der Waals surface area contributed by atoms with Crippen molar-refractivity contribution in [1.29, 1.82) is 5.26 Å². The van der Waals surface area contributed by atoms with Crippen molar-refractivity contribution in [3.63, 3.8) is 0 Å². The lowest BCUT2D eigenvalue weighted by Gasteiger charge is -2.23. The molecule has 1 unspecified atom stereocenters. The largest absolute Gasteiger partial charge is 0.444 e. The predicted octanol–water partition coefficient (Wildman–Crippen LogP) is 4.52. The molecule has 7 heteroatoms. The summed E-state index contributed by atoms with van der Waals surface area (Å²) in [5.41, 5.74) is 0.637. The number of alkyl halides is 1. The minimum absolute atomic E-state index is 0.312. The first-order valence-electron chi connectivity index (χ1n) is 8.77. The molecule has 25 heavy (non-hydrogen) atoms. The summed E-state index contributed by atoms with van der Waals surface area (Å²) in [6, 6.07) is 4.25. The van der Waals surface area contributed by atoms with Gasteiger partial charge in [0.1, 0.15) is 18.1 Å². The lowest BCUT2D eigenvalue weighted by molar-refractivity contribution is 0.361. The number of hydrogen-bond donors (Lipinski definition) is 2. The van der Waals surface area contributed by atoms with Crippen LogP contribution in [0.25, 0.3) is 11.0 Å². The molecule has 1 aliphatic carbocycles. The van der Waals surface area contributed by atoms with E-state index in [2.05, 4.69) is 31.5 Å². The van der Waals surface area contributed by atoms with Gasteiger partial charge in [-0.3, -0.25) is 0 Å². The summed E-state index contributed by atoms with van der Waals surface area (Å²) < 4.78 is 18.1. The fraction of sp³-hybridized carbons (Fsp3) is 0.556. The van der Waals surface area contributed by atoms with Crippen LogP contribution in [0.15, 0.2) is 21.2 Å². The Kier molecular flexibility index (Phi) is 6.27. The lowest BCUT2D eigenvalue weighted by Crippen LogP contribution is -2.23. The zero-order chi connectivity index (χ0) is 17.6. The van der Waals surface area contributed by atoms with Crippen LogP contribution in [0.4, 0.5) is 10.2 Å². The molecule has 4 rings (SSSR count). The average molecular weight is 409 g/mol. The number of rotatable bonds is 2. The van der Waals surface area contributed by atoms with Crippen molar-refractivity contribution in [3.8, 4) is 6.07 Å². The van der Waals surface area contributed by atoms with Crippen LogP contribution in [-0.4, -0.2) is 30.3 Å². The topological polar surface area (TPSA) is 73.9 Å². The Morgan fingerprint density at radius 2 is 2.12 bits per heavy atom. The number of pyridine rings is 1. The van der Waals surface area contributed by atoms with Crippen LogP contribution < -0.4 is 10.6 Å². The maximum absolute atomic E-state index is 11.9. The zero-order valence-electron chi connectivity index (χ0n) is 14.0. The molecule has 2 N–H and O–H groups in total. The van der Waals surface area contributed by atoms with Crippen molar-refractivity contribution in [3.05, 3.63) is 22.5 Å². The zero-order valence-corrected chi connectivity index (χ0v) is 15.6. The molecule has 1 aliphatic heterocycles. The Morgan fingerprint density at radius 1 is 1.32 bits per heavy atom. The second-order valence-electron chi connectivity index (χ2n) is 6.49. The summed E-state index contributed by atoms with van der Waals surface area (Å²) in [5.74, 6) is 1.15. The molecular formula is C18H22BrFN4O. The molecule has 0 aromatic carbocycles. The van der Waals surface area contributed by atoms with E-state index in [0.29, 0.717) is 30.4 Å². The quantitative estimate of drug-likeness (QED) is 0.763. The first kappa shape index (κ1) is 18.2. The lowest BCUT2D eigenvalue weighted by atomic mass is 9.95. The number of nitrogens with one attached hydrogen (secondary N) is 2. The molecule has 1 atom stereocenters. The Hall–Kier alpha value is -1.65. The molecule has 2 fully saturated rings. The molecule has 0 spiro atoms. The molecule has 2 aliphatic rings. The van der Waals surface area contributed by atoms with Gasteiger partial charge in [-0.15, -0.1) is 0 Å². The third-order valence-corrected chi connectivity index (χ3v) is 5.38. The van der Waals surface area contributed by atoms with Gasteiger partial charge in [0.15, 0.2) is 5.58 Å². The smallest absolute Gasteiger partial charge is 0.204 e. The summed E-state index contributed by atoms with van der Waals surface area (Å²) >= 11 is 3.56. The number of nitriles is 1. The molecule has 0 bridgehead atoms. The maximum Gasteiger partial charge on any atom is 0.204 e. The standard InChI is InChI=1S/C14H14BrN3O.C4H8FN/c15-13-11-6-10(7-16)19-12(11)8-17-14(13)18-9-4-2-1-3-5-9;5-4-1-2-6-3-4/h6,8-9H,1-5H2,(H,17,18);4,6H,1-3H2. The van der Waals surface area contributed by atoms with E-state index in [1.165, 1.54) is 32.1 Å². The van der Waals surface area contributed by atoms with Gasteiger partial charge in [0.05, 0.1) is 10.7 Å². The van der Waals surface area contributed by atoms with Crippen LogP contribution in [0.2, 0.25) is 0 Å².